The van der Waals surface area contributed by atoms with Gasteiger partial charge in [-0.15, -0.1) is 0 Å². The standard InChI is InChI=1S/C62H110NO7P/c1-6-8-10-12-14-16-18-20-22-24-26-28-30-31-32-34-36-38-40-42-44-46-48-50-52-54-57-67-59-61(60-69-71(65,66)68-58-56-63(3,4)5)70-62(64)55-53-51-49-47-45-43-41-39-37-35-33-29-27-25-23-21-19-17-15-13-11-9-7-2/h8-11,14-17,20-23,26-29,61H,6-7,12-13,18-19,24-25,30-60H2,1-5H3/b10-8-,11-9-,16-14-,17-15-,22-20-,23-21-,28-26-,29-27-. The zero-order valence-corrected chi connectivity index (χ0v) is 47.5. The van der Waals surface area contributed by atoms with E-state index in [-0.39, 0.29) is 25.8 Å². The van der Waals surface area contributed by atoms with E-state index in [9.17, 15) is 14.3 Å². The fraction of sp³-hybridized carbons (Fsp3) is 0.726. The van der Waals surface area contributed by atoms with Crippen LogP contribution in [0, 0.1) is 0 Å². The van der Waals surface area contributed by atoms with Gasteiger partial charge in [0.1, 0.15) is 19.3 Å². The van der Waals surface area contributed by atoms with E-state index in [1.54, 1.807) is 0 Å². The summed E-state index contributed by atoms with van der Waals surface area (Å²) >= 11 is 0. The van der Waals surface area contributed by atoms with Gasteiger partial charge in [-0.25, -0.2) is 0 Å². The average Bonchev–Trinajstić information content (AvgIpc) is 3.33. The Morgan fingerprint density at radius 3 is 1.15 bits per heavy atom. The van der Waals surface area contributed by atoms with Gasteiger partial charge in [-0.2, -0.15) is 0 Å². The van der Waals surface area contributed by atoms with Crippen LogP contribution in [0.15, 0.2) is 97.2 Å². The Bertz CT molecular complexity index is 1460. The third-order valence-electron chi connectivity index (χ3n) is 12.1. The van der Waals surface area contributed by atoms with Gasteiger partial charge < -0.3 is 27.9 Å². The Kier molecular flexibility index (Phi) is 51.8. The van der Waals surface area contributed by atoms with E-state index in [0.29, 0.717) is 24.1 Å². The molecular formula is C62H110NO7P. The van der Waals surface area contributed by atoms with Crippen molar-refractivity contribution >= 4 is 13.8 Å². The first kappa shape index (κ1) is 68.4. The monoisotopic (exact) mass is 1010 g/mol. The van der Waals surface area contributed by atoms with Crippen LogP contribution in [-0.4, -0.2) is 70.7 Å². The number of ether oxygens (including phenoxy) is 2. The van der Waals surface area contributed by atoms with Crippen LogP contribution < -0.4 is 4.89 Å². The summed E-state index contributed by atoms with van der Waals surface area (Å²) in [5, 5.41) is 0. The number of likely N-dealkylation sites (N-methyl/N-ethyl adjacent to an activating group) is 1. The summed E-state index contributed by atoms with van der Waals surface area (Å²) in [7, 11) is 1.35. The molecule has 0 aliphatic heterocycles. The number of phosphoric acid groups is 1. The number of unbranched alkanes of at least 4 members (excludes halogenated alkanes) is 23. The van der Waals surface area contributed by atoms with Crippen LogP contribution >= 0.6 is 7.82 Å². The normalized spacial score (nSPS) is 14.2. The lowest BCUT2D eigenvalue weighted by molar-refractivity contribution is -0.870. The molecule has 0 aromatic carbocycles. The summed E-state index contributed by atoms with van der Waals surface area (Å²) < 4.78 is 34.9. The molecule has 0 heterocycles. The third kappa shape index (κ3) is 58.2. The van der Waals surface area contributed by atoms with Gasteiger partial charge in [0.15, 0.2) is 0 Å². The average molecular weight is 1010 g/mol. The molecule has 0 fully saturated rings. The van der Waals surface area contributed by atoms with Crippen molar-refractivity contribution in [3.05, 3.63) is 97.2 Å². The number of rotatable bonds is 53. The van der Waals surface area contributed by atoms with Crippen molar-refractivity contribution in [1.29, 1.82) is 0 Å². The number of esters is 1. The molecule has 0 saturated carbocycles. The summed E-state index contributed by atoms with van der Waals surface area (Å²) in [5.41, 5.74) is 0. The molecule has 8 nitrogen and oxygen atoms in total. The minimum Gasteiger partial charge on any atom is -0.756 e. The van der Waals surface area contributed by atoms with Crippen LogP contribution in [0.4, 0.5) is 0 Å². The summed E-state index contributed by atoms with van der Waals surface area (Å²) in [6.45, 7) is 5.19. The lowest BCUT2D eigenvalue weighted by Crippen LogP contribution is -2.37. The highest BCUT2D eigenvalue weighted by Gasteiger charge is 2.20. The molecule has 2 atom stereocenters. The molecule has 0 amide bonds. The van der Waals surface area contributed by atoms with E-state index in [4.69, 9.17) is 18.5 Å². The molecule has 0 aliphatic carbocycles. The van der Waals surface area contributed by atoms with Gasteiger partial charge in [-0.3, -0.25) is 9.36 Å². The minimum absolute atomic E-state index is 0.0209. The molecule has 0 spiro atoms. The van der Waals surface area contributed by atoms with Gasteiger partial charge in [0.25, 0.3) is 7.82 Å². The highest BCUT2D eigenvalue weighted by atomic mass is 31.2. The van der Waals surface area contributed by atoms with Crippen molar-refractivity contribution in [1.82, 2.24) is 0 Å². The molecule has 0 aromatic heterocycles. The molecule has 0 bridgehead atoms. The number of hydrogen-bond acceptors (Lipinski definition) is 7. The number of quaternary nitrogens is 1. The number of phosphoric ester groups is 1. The van der Waals surface area contributed by atoms with Gasteiger partial charge in [0.05, 0.1) is 34.4 Å². The zero-order valence-electron chi connectivity index (χ0n) is 46.6. The Morgan fingerprint density at radius 1 is 0.437 bits per heavy atom. The highest BCUT2D eigenvalue weighted by molar-refractivity contribution is 7.45. The quantitative estimate of drug-likeness (QED) is 0.0197. The lowest BCUT2D eigenvalue weighted by atomic mass is 10.0. The molecule has 0 aromatic rings. The number of hydrogen-bond donors (Lipinski definition) is 0. The van der Waals surface area contributed by atoms with Crippen LogP contribution in [-0.2, 0) is 27.9 Å². The molecule has 0 N–H and O–H groups in total. The minimum atomic E-state index is -4.54. The SMILES string of the molecule is CC/C=C\C/C=C\C/C=C\C/C=C\CCCCCCCCCCCCCCCOCC(COP(=O)([O-])OCC[N+](C)(C)C)OC(=O)CCCCCCCCCCCC/C=C\C/C=C\C/C=C\C/C=C\CC. The van der Waals surface area contributed by atoms with Gasteiger partial charge in [-0.05, 0) is 89.9 Å². The highest BCUT2D eigenvalue weighted by Crippen LogP contribution is 2.38. The molecule has 410 valence electrons. The summed E-state index contributed by atoms with van der Waals surface area (Å²) in [4.78, 5) is 25.3. The van der Waals surface area contributed by atoms with Crippen molar-refractivity contribution in [2.45, 2.75) is 238 Å². The fourth-order valence-electron chi connectivity index (χ4n) is 7.77. The predicted octanol–water partition coefficient (Wildman–Crippen LogP) is 17.9. The zero-order chi connectivity index (χ0) is 51.9. The molecule has 0 aliphatic rings. The van der Waals surface area contributed by atoms with E-state index in [0.717, 1.165) is 83.5 Å². The van der Waals surface area contributed by atoms with Crippen LogP contribution in [0.5, 0.6) is 0 Å². The summed E-state index contributed by atoms with van der Waals surface area (Å²) in [6.07, 6.45) is 74.5. The Labute approximate surface area is 438 Å². The molecular weight excluding hydrogens is 902 g/mol. The number of carbonyl (C=O) groups excluding carboxylic acids is 1. The Morgan fingerprint density at radius 2 is 0.775 bits per heavy atom. The maximum absolute atomic E-state index is 12.8. The summed E-state index contributed by atoms with van der Waals surface area (Å²) in [5.74, 6) is -0.340. The third-order valence-corrected chi connectivity index (χ3v) is 13.1. The van der Waals surface area contributed by atoms with Crippen molar-refractivity contribution in [3.8, 4) is 0 Å². The van der Waals surface area contributed by atoms with E-state index in [2.05, 4.69) is 111 Å². The van der Waals surface area contributed by atoms with Crippen LogP contribution in [0.3, 0.4) is 0 Å². The second-order valence-corrected chi connectivity index (χ2v) is 21.6. The van der Waals surface area contributed by atoms with Crippen molar-refractivity contribution < 1.29 is 37.3 Å². The van der Waals surface area contributed by atoms with Gasteiger partial charge >= 0.3 is 5.97 Å². The van der Waals surface area contributed by atoms with Crippen LogP contribution in [0.2, 0.25) is 0 Å². The maximum atomic E-state index is 12.8. The molecule has 0 radical (unpaired) electrons. The molecule has 0 saturated heterocycles. The van der Waals surface area contributed by atoms with Crippen molar-refractivity contribution in [3.63, 3.8) is 0 Å². The first-order chi connectivity index (χ1) is 34.6. The Balaban J connectivity index is 4.08. The second kappa shape index (κ2) is 53.7. The van der Waals surface area contributed by atoms with Gasteiger partial charge in [-0.1, -0.05) is 233 Å². The van der Waals surface area contributed by atoms with E-state index in [1.807, 2.05) is 21.1 Å². The molecule has 2 unspecified atom stereocenters. The summed E-state index contributed by atoms with van der Waals surface area (Å²) in [6, 6.07) is 0. The molecule has 71 heavy (non-hydrogen) atoms. The lowest BCUT2D eigenvalue weighted by Gasteiger charge is -2.28. The fourth-order valence-corrected chi connectivity index (χ4v) is 8.49. The topological polar surface area (TPSA) is 94.1 Å². The first-order valence-corrected chi connectivity index (χ1v) is 30.4. The van der Waals surface area contributed by atoms with Crippen molar-refractivity contribution in [2.24, 2.45) is 0 Å². The molecule has 0 rings (SSSR count). The smallest absolute Gasteiger partial charge is 0.306 e. The predicted molar refractivity (Wildman–Crippen MR) is 305 cm³/mol. The Hall–Kier alpha value is -2.58. The van der Waals surface area contributed by atoms with Crippen molar-refractivity contribution in [2.75, 3.05) is 54.1 Å². The number of allylic oxidation sites excluding steroid dienone is 16. The largest absolute Gasteiger partial charge is 0.756 e. The number of carbonyl (C=O) groups is 1. The molecule has 9 heteroatoms. The number of nitrogens with zero attached hydrogens (tertiary/aromatic N) is 1. The van der Waals surface area contributed by atoms with E-state index >= 15 is 0 Å². The van der Waals surface area contributed by atoms with Gasteiger partial charge in [0, 0.05) is 13.0 Å². The van der Waals surface area contributed by atoms with E-state index < -0.39 is 13.9 Å². The first-order valence-electron chi connectivity index (χ1n) is 29.0. The van der Waals surface area contributed by atoms with Gasteiger partial charge in [0.2, 0.25) is 0 Å². The second-order valence-electron chi connectivity index (χ2n) is 20.2. The maximum Gasteiger partial charge on any atom is 0.306 e. The van der Waals surface area contributed by atoms with Crippen LogP contribution in [0.25, 0.3) is 0 Å². The van der Waals surface area contributed by atoms with E-state index in [1.165, 1.54) is 128 Å². The van der Waals surface area contributed by atoms with Crippen LogP contribution in [0.1, 0.15) is 232 Å².